The van der Waals surface area contributed by atoms with Crippen LogP contribution in [0.2, 0.25) is 0 Å². The van der Waals surface area contributed by atoms with Crippen LogP contribution in [0.4, 0.5) is 23.0 Å². The minimum absolute atomic E-state index is 0.100. The van der Waals surface area contributed by atoms with Crippen LogP contribution < -0.4 is 16.6 Å². The van der Waals surface area contributed by atoms with Crippen molar-refractivity contribution in [2.45, 2.75) is 0 Å². The summed E-state index contributed by atoms with van der Waals surface area (Å²) in [7, 11) is 1.74. The van der Waals surface area contributed by atoms with Crippen LogP contribution in [0.1, 0.15) is 0 Å². The number of aromatic nitrogens is 3. The van der Waals surface area contributed by atoms with Crippen molar-refractivity contribution in [1.82, 2.24) is 14.8 Å². The van der Waals surface area contributed by atoms with E-state index >= 15 is 0 Å². The third kappa shape index (κ3) is 2.35. The number of nitrogens with one attached hydrogen (secondary N) is 2. The molecule has 0 radical (unpaired) electrons. The molecule has 0 spiro atoms. The van der Waals surface area contributed by atoms with Crippen LogP contribution >= 0.6 is 0 Å². The van der Waals surface area contributed by atoms with Crippen molar-refractivity contribution >= 4 is 23.0 Å². The van der Waals surface area contributed by atoms with E-state index in [1.165, 1.54) is 18.3 Å². The van der Waals surface area contributed by atoms with Crippen LogP contribution in [0.15, 0.2) is 24.5 Å². The summed E-state index contributed by atoms with van der Waals surface area (Å²) in [6, 6.07) is 2.74. The summed E-state index contributed by atoms with van der Waals surface area (Å²) >= 11 is 0. The number of hydrazine groups is 1. The van der Waals surface area contributed by atoms with Gasteiger partial charge in [-0.25, -0.2) is 10.8 Å². The summed E-state index contributed by atoms with van der Waals surface area (Å²) in [5, 5.41) is 17.6. The molecule has 0 unspecified atom stereocenters. The van der Waals surface area contributed by atoms with Crippen molar-refractivity contribution in [2.75, 3.05) is 10.7 Å². The highest BCUT2D eigenvalue weighted by molar-refractivity contribution is 5.66. The topological polar surface area (TPSA) is 124 Å². The average molecular weight is 249 g/mol. The lowest BCUT2D eigenvalue weighted by Gasteiger charge is -2.05. The first kappa shape index (κ1) is 11.8. The Balaban J connectivity index is 2.37. The average Bonchev–Trinajstić information content (AvgIpc) is 2.74. The van der Waals surface area contributed by atoms with Crippen molar-refractivity contribution in [3.8, 4) is 0 Å². The molecule has 0 saturated heterocycles. The normalized spacial score (nSPS) is 10.1. The molecule has 9 nitrogen and oxygen atoms in total. The Kier molecular flexibility index (Phi) is 3.06. The summed E-state index contributed by atoms with van der Waals surface area (Å²) in [5.74, 6) is 5.64. The second-order valence-electron chi connectivity index (χ2n) is 3.49. The molecule has 0 bridgehead atoms. The van der Waals surface area contributed by atoms with Gasteiger partial charge in [0.15, 0.2) is 0 Å². The maximum atomic E-state index is 10.9. The van der Waals surface area contributed by atoms with E-state index in [1.54, 1.807) is 17.9 Å². The largest absolute Gasteiger partial charge is 0.332 e. The van der Waals surface area contributed by atoms with E-state index in [2.05, 4.69) is 20.8 Å². The number of nitrogens with zero attached hydrogens (tertiary/aromatic N) is 4. The Morgan fingerprint density at radius 2 is 2.28 bits per heavy atom. The number of pyridine rings is 1. The molecule has 0 aliphatic carbocycles. The molecular formula is C9H11N7O2. The van der Waals surface area contributed by atoms with E-state index in [4.69, 9.17) is 5.84 Å². The zero-order valence-electron chi connectivity index (χ0n) is 9.49. The fourth-order valence-corrected chi connectivity index (χ4v) is 1.39. The Hall–Kier alpha value is -2.68. The molecule has 2 heterocycles. The van der Waals surface area contributed by atoms with E-state index in [0.717, 1.165) is 0 Å². The molecule has 9 heteroatoms. The summed E-state index contributed by atoms with van der Waals surface area (Å²) in [5.41, 5.74) is 2.79. The first-order chi connectivity index (χ1) is 8.60. The minimum atomic E-state index is -0.522. The zero-order chi connectivity index (χ0) is 13.1. The molecule has 0 atom stereocenters. The molecule has 94 valence electrons. The summed E-state index contributed by atoms with van der Waals surface area (Å²) < 4.78 is 1.57. The van der Waals surface area contributed by atoms with Crippen LogP contribution in [0.3, 0.4) is 0 Å². The molecular weight excluding hydrogens is 238 g/mol. The molecule has 0 aromatic carbocycles. The highest BCUT2D eigenvalue weighted by Gasteiger charge is 2.16. The highest BCUT2D eigenvalue weighted by atomic mass is 16.6. The van der Waals surface area contributed by atoms with Gasteiger partial charge in [-0.1, -0.05) is 0 Å². The third-order valence-corrected chi connectivity index (χ3v) is 2.19. The maximum absolute atomic E-state index is 10.9. The number of nitrogen functional groups attached to an aromatic ring is 1. The number of rotatable bonds is 4. The van der Waals surface area contributed by atoms with Gasteiger partial charge in [-0.2, -0.15) is 5.10 Å². The van der Waals surface area contributed by atoms with Gasteiger partial charge in [0.05, 0.1) is 16.8 Å². The summed E-state index contributed by atoms with van der Waals surface area (Å²) in [6.45, 7) is 0. The quantitative estimate of drug-likeness (QED) is 0.415. The van der Waals surface area contributed by atoms with Crippen LogP contribution in [-0.4, -0.2) is 19.7 Å². The lowest BCUT2D eigenvalue weighted by molar-refractivity contribution is -0.384. The predicted octanol–water partition coefficient (Wildman–Crippen LogP) is 0.752. The van der Waals surface area contributed by atoms with Crippen molar-refractivity contribution in [3.05, 3.63) is 34.6 Å². The van der Waals surface area contributed by atoms with Crippen molar-refractivity contribution < 1.29 is 4.92 Å². The highest BCUT2D eigenvalue weighted by Crippen LogP contribution is 2.26. The van der Waals surface area contributed by atoms with E-state index in [1.807, 2.05) is 0 Å². The fourth-order valence-electron chi connectivity index (χ4n) is 1.39. The lowest BCUT2D eigenvalue weighted by Crippen LogP contribution is -2.10. The standard InChI is InChI=1S/C9H11N7O2/c1-15-5-6(4-11-15)12-9-7(16(17)18)2-3-8(13-9)14-10/h2-5H,10H2,1H3,(H2,12,13,14). The Morgan fingerprint density at radius 3 is 2.83 bits per heavy atom. The SMILES string of the molecule is Cn1cc(Nc2nc(NN)ccc2[N+](=O)[O-])cn1. The molecule has 0 fully saturated rings. The first-order valence-electron chi connectivity index (χ1n) is 4.98. The number of anilines is 3. The van der Waals surface area contributed by atoms with Crippen LogP contribution in [-0.2, 0) is 7.05 Å². The second kappa shape index (κ2) is 4.67. The molecule has 0 amide bonds. The molecule has 2 aromatic heterocycles. The van der Waals surface area contributed by atoms with Gasteiger partial charge >= 0.3 is 5.69 Å². The predicted molar refractivity (Wildman–Crippen MR) is 65.2 cm³/mol. The van der Waals surface area contributed by atoms with Gasteiger partial charge < -0.3 is 10.7 Å². The van der Waals surface area contributed by atoms with Crippen LogP contribution in [0.25, 0.3) is 0 Å². The van der Waals surface area contributed by atoms with E-state index in [9.17, 15) is 10.1 Å². The third-order valence-electron chi connectivity index (χ3n) is 2.19. The number of hydrogen-bond acceptors (Lipinski definition) is 7. The molecule has 4 N–H and O–H groups in total. The van der Waals surface area contributed by atoms with E-state index in [0.29, 0.717) is 11.5 Å². The van der Waals surface area contributed by atoms with Crippen molar-refractivity contribution in [2.24, 2.45) is 12.9 Å². The van der Waals surface area contributed by atoms with Gasteiger partial charge in [-0.05, 0) is 6.07 Å². The van der Waals surface area contributed by atoms with Crippen molar-refractivity contribution in [1.29, 1.82) is 0 Å². The molecule has 2 aromatic rings. The van der Waals surface area contributed by atoms with Crippen LogP contribution in [0.5, 0.6) is 0 Å². The summed E-state index contributed by atoms with van der Waals surface area (Å²) in [4.78, 5) is 14.3. The summed E-state index contributed by atoms with van der Waals surface area (Å²) in [6.07, 6.45) is 3.21. The fraction of sp³-hybridized carbons (Fsp3) is 0.111. The molecule has 18 heavy (non-hydrogen) atoms. The van der Waals surface area contributed by atoms with E-state index in [-0.39, 0.29) is 11.5 Å². The minimum Gasteiger partial charge on any atom is -0.332 e. The number of aryl methyl sites for hydroxylation is 1. The number of hydrogen-bond donors (Lipinski definition) is 3. The Labute approximate surface area is 102 Å². The monoisotopic (exact) mass is 249 g/mol. The van der Waals surface area contributed by atoms with Gasteiger partial charge in [0.2, 0.25) is 5.82 Å². The van der Waals surface area contributed by atoms with Gasteiger partial charge in [0.25, 0.3) is 0 Å². The molecule has 0 aliphatic heterocycles. The molecule has 0 aliphatic rings. The smallest absolute Gasteiger partial charge is 0.311 e. The van der Waals surface area contributed by atoms with Crippen molar-refractivity contribution in [3.63, 3.8) is 0 Å². The van der Waals surface area contributed by atoms with Gasteiger partial charge in [-0.15, -0.1) is 0 Å². The zero-order valence-corrected chi connectivity index (χ0v) is 9.49. The maximum Gasteiger partial charge on any atom is 0.311 e. The van der Waals surface area contributed by atoms with E-state index < -0.39 is 4.92 Å². The Bertz CT molecular complexity index is 580. The molecule has 2 rings (SSSR count). The lowest BCUT2D eigenvalue weighted by atomic mass is 10.3. The van der Waals surface area contributed by atoms with Gasteiger partial charge in [-0.3, -0.25) is 14.8 Å². The number of nitrogens with two attached hydrogens (primary N) is 1. The van der Waals surface area contributed by atoms with Crippen LogP contribution in [0, 0.1) is 10.1 Å². The number of nitro groups is 1. The first-order valence-corrected chi connectivity index (χ1v) is 4.98. The van der Waals surface area contributed by atoms with Gasteiger partial charge in [0, 0.05) is 19.3 Å². The molecule has 0 saturated carbocycles. The Morgan fingerprint density at radius 1 is 1.50 bits per heavy atom. The van der Waals surface area contributed by atoms with Gasteiger partial charge in [0.1, 0.15) is 5.82 Å². The second-order valence-corrected chi connectivity index (χ2v) is 3.49.